The van der Waals surface area contributed by atoms with Crippen LogP contribution in [-0.2, 0) is 20.2 Å². The molecular formula is C34H61BO3Si. The van der Waals surface area contributed by atoms with E-state index in [0.29, 0.717) is 0 Å². The van der Waals surface area contributed by atoms with E-state index in [1.807, 2.05) is 0 Å². The predicted octanol–water partition coefficient (Wildman–Crippen LogP) is 10.6. The van der Waals surface area contributed by atoms with E-state index in [2.05, 4.69) is 99.5 Å². The summed E-state index contributed by atoms with van der Waals surface area (Å²) in [5.74, 6) is 2.25. The summed E-state index contributed by atoms with van der Waals surface area (Å²) in [5, 5.41) is 0. The van der Waals surface area contributed by atoms with Crippen molar-refractivity contribution in [1.29, 1.82) is 0 Å². The van der Waals surface area contributed by atoms with Gasteiger partial charge in [-0.05, 0) is 108 Å². The lowest BCUT2D eigenvalue weighted by molar-refractivity contribution is 0.00578. The molecule has 0 bridgehead atoms. The van der Waals surface area contributed by atoms with E-state index in [9.17, 15) is 0 Å². The van der Waals surface area contributed by atoms with Gasteiger partial charge in [0.05, 0.1) is 16.8 Å². The maximum atomic E-state index is 6.82. The van der Waals surface area contributed by atoms with Gasteiger partial charge in [0.2, 0.25) is 0 Å². The van der Waals surface area contributed by atoms with E-state index in [0.717, 1.165) is 19.3 Å². The molecule has 39 heavy (non-hydrogen) atoms. The van der Waals surface area contributed by atoms with Gasteiger partial charge in [0, 0.05) is 0 Å². The van der Waals surface area contributed by atoms with Crippen LogP contribution in [0.3, 0.4) is 0 Å². The average Bonchev–Trinajstić information content (AvgIpc) is 3.09. The van der Waals surface area contributed by atoms with Crippen molar-refractivity contribution in [3.05, 3.63) is 41.4 Å². The topological polar surface area (TPSA) is 27.7 Å². The first-order chi connectivity index (χ1) is 18.3. The van der Waals surface area contributed by atoms with Crippen molar-refractivity contribution in [2.75, 3.05) is 0 Å². The molecule has 0 N–H and O–H groups in total. The summed E-state index contributed by atoms with van der Waals surface area (Å²) in [6.07, 6.45) is 12.1. The molecule has 0 aromatic heterocycles. The predicted molar refractivity (Wildman–Crippen MR) is 174 cm³/mol. The number of hydrogen-bond donors (Lipinski definition) is 0. The van der Waals surface area contributed by atoms with Gasteiger partial charge in [-0.2, -0.15) is 0 Å². The van der Waals surface area contributed by atoms with Gasteiger partial charge in [0.25, 0.3) is 0 Å². The number of allylic oxidation sites excluding steroid dienone is 1. The lowest BCUT2D eigenvalue weighted by Crippen LogP contribution is -2.44. The normalized spacial score (nSPS) is 17.7. The Morgan fingerprint density at radius 3 is 2.08 bits per heavy atom. The third-order valence-electron chi connectivity index (χ3n) is 9.38. The van der Waals surface area contributed by atoms with Crippen molar-refractivity contribution < 1.29 is 13.7 Å². The minimum absolute atomic E-state index is 0.000840. The highest BCUT2D eigenvalue weighted by Crippen LogP contribution is 2.38. The molecule has 0 unspecified atom stereocenters. The summed E-state index contributed by atoms with van der Waals surface area (Å²) in [5.41, 5.74) is 3.51. The monoisotopic (exact) mass is 556 g/mol. The zero-order valence-corrected chi connectivity index (χ0v) is 28.4. The van der Waals surface area contributed by atoms with E-state index in [-0.39, 0.29) is 23.9 Å². The second-order valence-corrected chi connectivity index (χ2v) is 18.2. The zero-order valence-electron chi connectivity index (χ0n) is 27.4. The van der Waals surface area contributed by atoms with Gasteiger partial charge < -0.3 is 13.7 Å². The number of aryl methyl sites for hydroxylation is 1. The second-order valence-electron chi connectivity index (χ2n) is 13.5. The Bertz CT molecular complexity index is 864. The van der Waals surface area contributed by atoms with E-state index in [4.69, 9.17) is 13.7 Å². The fraction of sp³-hybridized carbons (Fsp3) is 0.765. The molecule has 222 valence electrons. The first kappa shape index (κ1) is 34.3. The van der Waals surface area contributed by atoms with Crippen LogP contribution in [-0.4, -0.2) is 32.2 Å². The van der Waals surface area contributed by atoms with Crippen LogP contribution in [0.4, 0.5) is 0 Å². The molecule has 0 amide bonds. The summed E-state index contributed by atoms with van der Waals surface area (Å²) in [6.45, 7) is 22.4. The quantitative estimate of drug-likeness (QED) is 0.133. The van der Waals surface area contributed by atoms with Gasteiger partial charge in [-0.25, -0.2) is 0 Å². The number of unbranched alkanes of at least 4 members (excludes halogenated alkanes) is 5. The van der Waals surface area contributed by atoms with Crippen LogP contribution < -0.4 is 0 Å². The minimum Gasteiger partial charge on any atom is -0.412 e. The molecule has 0 radical (unpaired) electrons. The van der Waals surface area contributed by atoms with Crippen molar-refractivity contribution in [3.63, 3.8) is 0 Å². The highest BCUT2D eigenvalue weighted by molar-refractivity contribution is 6.73. The Morgan fingerprint density at radius 2 is 1.49 bits per heavy atom. The molecule has 1 saturated heterocycles. The third-order valence-corrected chi connectivity index (χ3v) is 14.2. The largest absolute Gasteiger partial charge is 0.487 e. The van der Waals surface area contributed by atoms with Crippen molar-refractivity contribution in [1.82, 2.24) is 0 Å². The van der Waals surface area contributed by atoms with Crippen molar-refractivity contribution in [2.45, 2.75) is 168 Å². The van der Waals surface area contributed by atoms with Gasteiger partial charge >= 0.3 is 7.12 Å². The van der Waals surface area contributed by atoms with Crippen molar-refractivity contribution >= 4 is 21.0 Å². The lowest BCUT2D eigenvalue weighted by Gasteiger charge is -2.38. The van der Waals surface area contributed by atoms with E-state index in [1.54, 1.807) is 0 Å². The molecule has 1 aromatic rings. The van der Waals surface area contributed by atoms with Crippen LogP contribution in [0.25, 0.3) is 5.57 Å². The molecule has 0 aliphatic carbocycles. The molecule has 0 spiro atoms. The van der Waals surface area contributed by atoms with Crippen LogP contribution in [0, 0.1) is 0 Å². The first-order valence-corrected chi connectivity index (χ1v) is 18.7. The molecule has 1 heterocycles. The summed E-state index contributed by atoms with van der Waals surface area (Å²) in [7, 11) is -1.85. The van der Waals surface area contributed by atoms with E-state index >= 15 is 0 Å². The fourth-order valence-corrected chi connectivity index (χ4v) is 8.98. The standard InChI is InChI=1S/C34H61BO3Si/c1-11-15-16-19-24-31(28-35-36-33(7,8)34(9,10)37-35)30-25-21-23-29(27-30)22-18-17-20-26-32(5,6)38-39(12-2,13-3)14-4/h21,23,25,27-28H,11-20,22,24,26H2,1-10H3/b31-28+. The van der Waals surface area contributed by atoms with Crippen LogP contribution in [0.15, 0.2) is 30.2 Å². The molecule has 1 aromatic carbocycles. The molecule has 5 heteroatoms. The summed E-state index contributed by atoms with van der Waals surface area (Å²) >= 11 is 0. The van der Waals surface area contributed by atoms with Gasteiger partial charge in [-0.1, -0.05) is 90.0 Å². The Morgan fingerprint density at radius 1 is 0.872 bits per heavy atom. The Labute approximate surface area is 244 Å². The number of benzene rings is 1. The maximum absolute atomic E-state index is 6.82. The van der Waals surface area contributed by atoms with E-state index in [1.165, 1.54) is 79.8 Å². The van der Waals surface area contributed by atoms with Crippen molar-refractivity contribution in [3.8, 4) is 0 Å². The highest BCUT2D eigenvalue weighted by Gasteiger charge is 2.50. The number of rotatable bonds is 18. The minimum atomic E-state index is -1.56. The molecule has 2 rings (SSSR count). The summed E-state index contributed by atoms with van der Waals surface area (Å²) in [6, 6.07) is 12.9. The summed E-state index contributed by atoms with van der Waals surface area (Å²) < 4.78 is 19.5. The van der Waals surface area contributed by atoms with Crippen LogP contribution in [0.5, 0.6) is 0 Å². The van der Waals surface area contributed by atoms with Gasteiger partial charge in [-0.3, -0.25) is 0 Å². The second kappa shape index (κ2) is 15.4. The molecule has 0 saturated carbocycles. The van der Waals surface area contributed by atoms with Gasteiger partial charge in [0.15, 0.2) is 8.32 Å². The lowest BCUT2D eigenvalue weighted by atomic mass is 9.83. The van der Waals surface area contributed by atoms with E-state index < -0.39 is 8.32 Å². The Balaban J connectivity index is 1.99. The maximum Gasteiger partial charge on any atom is 0.487 e. The molecular weight excluding hydrogens is 495 g/mol. The molecule has 3 nitrogen and oxygen atoms in total. The van der Waals surface area contributed by atoms with Crippen LogP contribution in [0.1, 0.15) is 138 Å². The number of hydrogen-bond acceptors (Lipinski definition) is 3. The van der Waals surface area contributed by atoms with Crippen LogP contribution in [0.2, 0.25) is 18.1 Å². The first-order valence-electron chi connectivity index (χ1n) is 16.2. The van der Waals surface area contributed by atoms with Crippen molar-refractivity contribution in [2.24, 2.45) is 0 Å². The van der Waals surface area contributed by atoms with Gasteiger partial charge in [-0.15, -0.1) is 0 Å². The zero-order chi connectivity index (χ0) is 29.2. The molecule has 0 atom stereocenters. The summed E-state index contributed by atoms with van der Waals surface area (Å²) in [4.78, 5) is 0. The smallest absolute Gasteiger partial charge is 0.412 e. The molecule has 1 fully saturated rings. The highest BCUT2D eigenvalue weighted by atomic mass is 28.4. The van der Waals surface area contributed by atoms with Gasteiger partial charge in [0.1, 0.15) is 0 Å². The van der Waals surface area contributed by atoms with Crippen LogP contribution >= 0.6 is 0 Å². The Hall–Kier alpha value is -0.878. The SMILES string of the molecule is CCCCCC/C(=C\B1OC(C)(C)C(C)(C)O1)c1cccc(CCCCCC(C)(C)O[Si](CC)(CC)CC)c1. The average molecular weight is 557 g/mol. The molecule has 1 aliphatic rings. The molecule has 1 aliphatic heterocycles. The fourth-order valence-electron chi connectivity index (χ4n) is 5.77. The Kier molecular flexibility index (Phi) is 13.5. The third kappa shape index (κ3) is 10.5.